The van der Waals surface area contributed by atoms with Gasteiger partial charge in [0.1, 0.15) is 0 Å². The lowest BCUT2D eigenvalue weighted by molar-refractivity contribution is -0.113. The molecule has 29 heavy (non-hydrogen) atoms. The minimum atomic E-state index is -0.121. The number of carbonyl (C=O) groups is 1. The molecule has 4 aromatic rings. The Hall–Kier alpha value is -2.65. The van der Waals surface area contributed by atoms with Crippen LogP contribution in [0.3, 0.4) is 0 Å². The largest absolute Gasteiger partial charge is 0.461 e. The van der Waals surface area contributed by atoms with Crippen LogP contribution in [0, 0.1) is 12.8 Å². The van der Waals surface area contributed by atoms with Crippen molar-refractivity contribution in [2.45, 2.75) is 32.5 Å². The highest BCUT2D eigenvalue weighted by Gasteiger charge is 2.18. The molecule has 1 N–H and O–H groups in total. The van der Waals surface area contributed by atoms with Gasteiger partial charge in [0, 0.05) is 6.54 Å². The molecule has 0 unspecified atom stereocenters. The van der Waals surface area contributed by atoms with E-state index < -0.39 is 0 Å². The molecular formula is C20H21N5O2S2. The second-order valence-corrected chi connectivity index (χ2v) is 9.09. The van der Waals surface area contributed by atoms with Crippen molar-refractivity contribution in [2.75, 3.05) is 11.1 Å². The summed E-state index contributed by atoms with van der Waals surface area (Å²) >= 11 is 2.83. The fraction of sp³-hybridized carbons (Fsp3) is 0.300. The summed E-state index contributed by atoms with van der Waals surface area (Å²) in [4.78, 5) is 16.9. The minimum absolute atomic E-state index is 0.121. The molecule has 3 heterocycles. The van der Waals surface area contributed by atoms with Gasteiger partial charge in [0.15, 0.2) is 21.9 Å². The van der Waals surface area contributed by atoms with Gasteiger partial charge in [-0.05, 0) is 42.7 Å². The summed E-state index contributed by atoms with van der Waals surface area (Å²) in [5.41, 5.74) is 2.06. The van der Waals surface area contributed by atoms with Gasteiger partial charge in [0.05, 0.1) is 22.2 Å². The molecule has 0 aliphatic carbocycles. The summed E-state index contributed by atoms with van der Waals surface area (Å²) in [6.07, 6.45) is 1.61. The molecule has 0 spiro atoms. The highest BCUT2D eigenvalue weighted by Crippen LogP contribution is 2.28. The first-order chi connectivity index (χ1) is 14.0. The smallest absolute Gasteiger partial charge is 0.236 e. The number of aryl methyl sites for hydroxylation is 1. The van der Waals surface area contributed by atoms with Gasteiger partial charge in [-0.2, -0.15) is 0 Å². The fourth-order valence-corrected chi connectivity index (χ4v) is 4.61. The zero-order valence-corrected chi connectivity index (χ0v) is 18.0. The van der Waals surface area contributed by atoms with E-state index >= 15 is 0 Å². The molecule has 4 rings (SSSR count). The lowest BCUT2D eigenvalue weighted by atomic mass is 10.2. The predicted molar refractivity (Wildman–Crippen MR) is 116 cm³/mol. The van der Waals surface area contributed by atoms with Crippen molar-refractivity contribution in [2.24, 2.45) is 5.92 Å². The quantitative estimate of drug-likeness (QED) is 0.425. The van der Waals surface area contributed by atoms with Gasteiger partial charge >= 0.3 is 0 Å². The van der Waals surface area contributed by atoms with Crippen LogP contribution in [-0.4, -0.2) is 31.4 Å². The molecular weight excluding hydrogens is 406 g/mol. The van der Waals surface area contributed by atoms with E-state index in [4.69, 9.17) is 4.42 Å². The summed E-state index contributed by atoms with van der Waals surface area (Å²) < 4.78 is 8.54. The number of hydrogen-bond donors (Lipinski definition) is 1. The summed E-state index contributed by atoms with van der Waals surface area (Å²) in [6, 6.07) is 9.74. The Morgan fingerprint density at radius 1 is 1.31 bits per heavy atom. The molecule has 1 aromatic carbocycles. The molecule has 1 amide bonds. The van der Waals surface area contributed by atoms with Crippen LogP contribution in [0.15, 0.2) is 46.2 Å². The summed E-state index contributed by atoms with van der Waals surface area (Å²) in [6.45, 7) is 7.03. The monoisotopic (exact) mass is 427 g/mol. The second kappa shape index (κ2) is 8.38. The molecule has 0 atom stereocenters. The maximum absolute atomic E-state index is 12.5. The first kappa shape index (κ1) is 19.7. The van der Waals surface area contributed by atoms with E-state index in [-0.39, 0.29) is 11.7 Å². The van der Waals surface area contributed by atoms with Crippen molar-refractivity contribution < 1.29 is 9.21 Å². The van der Waals surface area contributed by atoms with Gasteiger partial charge in [-0.15, -0.1) is 10.2 Å². The molecule has 3 aromatic heterocycles. The lowest BCUT2D eigenvalue weighted by Gasteiger charge is -2.11. The van der Waals surface area contributed by atoms with Crippen molar-refractivity contribution in [1.82, 2.24) is 19.7 Å². The van der Waals surface area contributed by atoms with E-state index in [2.05, 4.69) is 40.4 Å². The molecule has 7 nitrogen and oxygen atoms in total. The number of rotatable bonds is 7. The highest BCUT2D eigenvalue weighted by molar-refractivity contribution is 7.99. The Balaban J connectivity index is 1.45. The van der Waals surface area contributed by atoms with E-state index in [1.54, 1.807) is 6.26 Å². The standard InChI is InChI=1S/C20H21N5O2S2/c1-12(2)10-25-18(15-5-4-8-27-15)23-24-20(25)28-11-17(26)22-19-21-14-7-6-13(3)9-16(14)29-19/h4-9,12H,10-11H2,1-3H3,(H,21,22,26). The average Bonchev–Trinajstić information content (AvgIpc) is 3.38. The van der Waals surface area contributed by atoms with Crippen LogP contribution in [0.1, 0.15) is 19.4 Å². The van der Waals surface area contributed by atoms with Crippen molar-refractivity contribution in [3.8, 4) is 11.6 Å². The molecule has 9 heteroatoms. The number of nitrogens with zero attached hydrogens (tertiary/aromatic N) is 4. The van der Waals surface area contributed by atoms with Gasteiger partial charge in [-0.3, -0.25) is 9.36 Å². The summed E-state index contributed by atoms with van der Waals surface area (Å²) in [5, 5.41) is 12.7. The van der Waals surface area contributed by atoms with Crippen molar-refractivity contribution in [1.29, 1.82) is 0 Å². The fourth-order valence-electron chi connectivity index (χ4n) is 2.88. The number of aromatic nitrogens is 4. The molecule has 0 radical (unpaired) electrons. The molecule has 0 saturated heterocycles. The molecule has 0 bridgehead atoms. The maximum Gasteiger partial charge on any atom is 0.236 e. The van der Waals surface area contributed by atoms with Crippen LogP contribution in [0.2, 0.25) is 0 Å². The van der Waals surface area contributed by atoms with Crippen LogP contribution in [0.5, 0.6) is 0 Å². The van der Waals surface area contributed by atoms with Crippen molar-refractivity contribution in [3.63, 3.8) is 0 Å². The Kier molecular flexibility index (Phi) is 5.68. The first-order valence-electron chi connectivity index (χ1n) is 9.26. The van der Waals surface area contributed by atoms with Crippen LogP contribution < -0.4 is 5.32 Å². The van der Waals surface area contributed by atoms with Crippen LogP contribution in [0.4, 0.5) is 5.13 Å². The number of nitrogens with one attached hydrogen (secondary N) is 1. The normalized spacial score (nSPS) is 11.4. The Morgan fingerprint density at radius 2 is 2.17 bits per heavy atom. The number of carbonyl (C=O) groups excluding carboxylic acids is 1. The van der Waals surface area contributed by atoms with Crippen LogP contribution in [-0.2, 0) is 11.3 Å². The SMILES string of the molecule is Cc1ccc2nc(NC(=O)CSc3nnc(-c4ccco4)n3CC(C)C)sc2c1. The van der Waals surface area contributed by atoms with E-state index in [1.807, 2.05) is 35.8 Å². The van der Waals surface area contributed by atoms with Crippen molar-refractivity contribution >= 4 is 44.4 Å². The molecule has 0 saturated carbocycles. The first-order valence-corrected chi connectivity index (χ1v) is 11.1. The number of furan rings is 1. The summed E-state index contributed by atoms with van der Waals surface area (Å²) in [7, 11) is 0. The number of hydrogen-bond acceptors (Lipinski definition) is 7. The van der Waals surface area contributed by atoms with Crippen LogP contribution >= 0.6 is 23.1 Å². The number of anilines is 1. The Labute approximate surface area is 176 Å². The minimum Gasteiger partial charge on any atom is -0.461 e. The molecule has 0 aliphatic heterocycles. The maximum atomic E-state index is 12.5. The third kappa shape index (κ3) is 4.51. The zero-order chi connectivity index (χ0) is 20.4. The Bertz CT molecular complexity index is 1130. The molecule has 0 aliphatic rings. The summed E-state index contributed by atoms with van der Waals surface area (Å²) in [5.74, 6) is 1.85. The van der Waals surface area contributed by atoms with Gasteiger partial charge < -0.3 is 9.73 Å². The number of thioether (sulfide) groups is 1. The third-order valence-corrected chi connectivity index (χ3v) is 6.03. The third-order valence-electron chi connectivity index (χ3n) is 4.13. The van der Waals surface area contributed by atoms with Gasteiger partial charge in [-0.1, -0.05) is 43.0 Å². The lowest BCUT2D eigenvalue weighted by Crippen LogP contribution is -2.15. The zero-order valence-electron chi connectivity index (χ0n) is 16.4. The number of benzene rings is 1. The van der Waals surface area contributed by atoms with E-state index in [0.717, 1.165) is 16.8 Å². The van der Waals surface area contributed by atoms with E-state index in [9.17, 15) is 4.79 Å². The highest BCUT2D eigenvalue weighted by atomic mass is 32.2. The molecule has 0 fully saturated rings. The Morgan fingerprint density at radius 3 is 2.93 bits per heavy atom. The van der Waals surface area contributed by atoms with Gasteiger partial charge in [0.2, 0.25) is 5.91 Å². The van der Waals surface area contributed by atoms with Crippen molar-refractivity contribution in [3.05, 3.63) is 42.2 Å². The number of thiazole rings is 1. The molecule has 150 valence electrons. The predicted octanol–water partition coefficient (Wildman–Crippen LogP) is 4.84. The van der Waals surface area contributed by atoms with E-state index in [0.29, 0.717) is 27.8 Å². The van der Waals surface area contributed by atoms with E-state index in [1.165, 1.54) is 28.7 Å². The average molecular weight is 428 g/mol. The van der Waals surface area contributed by atoms with Gasteiger partial charge in [0.25, 0.3) is 0 Å². The second-order valence-electron chi connectivity index (χ2n) is 7.11. The van der Waals surface area contributed by atoms with Crippen LogP contribution in [0.25, 0.3) is 21.8 Å². The topological polar surface area (TPSA) is 85.8 Å². The number of amides is 1. The van der Waals surface area contributed by atoms with Gasteiger partial charge in [-0.25, -0.2) is 4.98 Å². The number of fused-ring (bicyclic) bond motifs is 1.